The van der Waals surface area contributed by atoms with Crippen molar-refractivity contribution in [3.8, 4) is 0 Å². The van der Waals surface area contributed by atoms with Gasteiger partial charge in [-0.1, -0.05) is 6.92 Å². The van der Waals surface area contributed by atoms with E-state index in [4.69, 9.17) is 5.11 Å². The van der Waals surface area contributed by atoms with Crippen molar-refractivity contribution < 1.29 is 27.9 Å². The highest BCUT2D eigenvalue weighted by atomic mass is 19.4. The molecule has 9 heteroatoms. The van der Waals surface area contributed by atoms with Gasteiger partial charge in [-0.05, 0) is 6.42 Å². The number of alkyl halides is 3. The average Bonchev–Trinajstić information content (AvgIpc) is 2.60. The third kappa shape index (κ3) is 3.22. The second-order valence-electron chi connectivity index (χ2n) is 3.39. The van der Waals surface area contributed by atoms with Gasteiger partial charge in [0, 0.05) is 12.6 Å². The van der Waals surface area contributed by atoms with Gasteiger partial charge >= 0.3 is 18.1 Å². The van der Waals surface area contributed by atoms with Gasteiger partial charge in [-0.2, -0.15) is 18.3 Å². The zero-order valence-corrected chi connectivity index (χ0v) is 9.28. The number of nitrogens with one attached hydrogen (secondary N) is 1. The molecule has 0 fully saturated rings. The van der Waals surface area contributed by atoms with Crippen LogP contribution in [0.1, 0.15) is 23.8 Å². The van der Waals surface area contributed by atoms with Crippen LogP contribution in [0.25, 0.3) is 0 Å². The maximum absolute atomic E-state index is 12.0. The summed E-state index contributed by atoms with van der Waals surface area (Å²) in [6.45, 7) is 1.98. The van der Waals surface area contributed by atoms with Crippen LogP contribution in [0.2, 0.25) is 0 Å². The van der Waals surface area contributed by atoms with Crippen LogP contribution in [0.3, 0.4) is 0 Å². The second kappa shape index (κ2) is 5.07. The highest BCUT2D eigenvalue weighted by Crippen LogP contribution is 2.18. The lowest BCUT2D eigenvalue weighted by molar-refractivity contribution is -0.167. The molecular weight excluding hydrogens is 255 g/mol. The number of carboxylic acid groups (broad SMARTS) is 1. The summed E-state index contributed by atoms with van der Waals surface area (Å²) in [5.74, 6) is -3.97. The second-order valence-corrected chi connectivity index (χ2v) is 3.39. The molecular formula is C9H10F3N3O3. The van der Waals surface area contributed by atoms with Crippen molar-refractivity contribution in [3.63, 3.8) is 0 Å². The summed E-state index contributed by atoms with van der Waals surface area (Å²) in [6, 6.07) is 0.877. The van der Waals surface area contributed by atoms with Crippen LogP contribution in [-0.2, 0) is 11.3 Å². The predicted octanol–water partition coefficient (Wildman–Crippen LogP) is 1.49. The topological polar surface area (TPSA) is 84.2 Å². The van der Waals surface area contributed by atoms with Crippen LogP contribution in [0.4, 0.5) is 19.0 Å². The number of aromatic carboxylic acids is 1. The molecule has 1 heterocycles. The molecule has 18 heavy (non-hydrogen) atoms. The van der Waals surface area contributed by atoms with Gasteiger partial charge in [-0.15, -0.1) is 0 Å². The van der Waals surface area contributed by atoms with Crippen molar-refractivity contribution in [2.75, 3.05) is 5.32 Å². The van der Waals surface area contributed by atoms with E-state index in [1.165, 1.54) is 5.32 Å². The first-order valence-corrected chi connectivity index (χ1v) is 4.95. The van der Waals surface area contributed by atoms with Crippen molar-refractivity contribution in [1.29, 1.82) is 0 Å². The lowest BCUT2D eigenvalue weighted by Gasteiger charge is -2.04. The largest absolute Gasteiger partial charge is 0.477 e. The molecule has 0 atom stereocenters. The molecule has 0 bridgehead atoms. The number of hydrogen-bond donors (Lipinski definition) is 2. The number of nitrogens with zero attached hydrogens (tertiary/aromatic N) is 2. The molecule has 0 radical (unpaired) electrons. The highest BCUT2D eigenvalue weighted by molar-refractivity contribution is 5.95. The number of anilines is 1. The Morgan fingerprint density at radius 1 is 1.50 bits per heavy atom. The zero-order valence-electron chi connectivity index (χ0n) is 9.28. The predicted molar refractivity (Wildman–Crippen MR) is 54.2 cm³/mol. The van der Waals surface area contributed by atoms with E-state index < -0.39 is 23.9 Å². The minimum atomic E-state index is -5.04. The molecule has 0 aliphatic carbocycles. The summed E-state index contributed by atoms with van der Waals surface area (Å²) in [5, 5.41) is 13.9. The lowest BCUT2D eigenvalue weighted by atomic mass is 10.4. The molecule has 2 N–H and O–H groups in total. The Bertz CT molecular complexity index is 467. The summed E-state index contributed by atoms with van der Waals surface area (Å²) in [5.41, 5.74) is -0.283. The van der Waals surface area contributed by atoms with Gasteiger partial charge < -0.3 is 10.4 Å². The Morgan fingerprint density at radius 3 is 2.56 bits per heavy atom. The minimum Gasteiger partial charge on any atom is -0.477 e. The van der Waals surface area contributed by atoms with Crippen LogP contribution in [0.15, 0.2) is 6.07 Å². The first-order valence-electron chi connectivity index (χ1n) is 4.95. The Labute approximate surface area is 99.4 Å². The number of aromatic nitrogens is 2. The Hall–Kier alpha value is -2.06. The van der Waals surface area contributed by atoms with Gasteiger partial charge in [0.2, 0.25) is 0 Å². The van der Waals surface area contributed by atoms with E-state index >= 15 is 0 Å². The van der Waals surface area contributed by atoms with Crippen LogP contribution in [-0.4, -0.2) is 32.9 Å². The fourth-order valence-electron chi connectivity index (χ4n) is 1.22. The Balaban J connectivity index is 2.95. The maximum atomic E-state index is 12.0. The monoisotopic (exact) mass is 265 g/mol. The molecule has 6 nitrogen and oxygen atoms in total. The van der Waals surface area contributed by atoms with Gasteiger partial charge in [0.25, 0.3) is 0 Å². The number of amides is 1. The van der Waals surface area contributed by atoms with Gasteiger partial charge in [0.1, 0.15) is 5.69 Å². The zero-order chi connectivity index (χ0) is 13.9. The number of carbonyl (C=O) groups excluding carboxylic acids is 1. The number of carbonyl (C=O) groups is 2. The molecule has 1 aromatic heterocycles. The summed E-state index contributed by atoms with van der Waals surface area (Å²) >= 11 is 0. The van der Waals surface area contributed by atoms with Gasteiger partial charge in [0.15, 0.2) is 5.82 Å². The quantitative estimate of drug-likeness (QED) is 0.863. The standard InChI is InChI=1S/C9H10F3N3O3/c1-2-3-15-5(7(16)17)4-6(14-15)13-8(18)9(10,11)12/h4H,2-3H2,1H3,(H,16,17)(H,13,14,18). The van der Waals surface area contributed by atoms with Crippen molar-refractivity contribution in [2.24, 2.45) is 0 Å². The number of halogens is 3. The highest BCUT2D eigenvalue weighted by Gasteiger charge is 2.39. The van der Waals surface area contributed by atoms with Crippen LogP contribution < -0.4 is 5.32 Å². The Morgan fingerprint density at radius 2 is 2.11 bits per heavy atom. The van der Waals surface area contributed by atoms with Crippen molar-refractivity contribution >= 4 is 17.7 Å². The lowest BCUT2D eigenvalue weighted by Crippen LogP contribution is -2.30. The van der Waals surface area contributed by atoms with Crippen molar-refractivity contribution in [2.45, 2.75) is 26.1 Å². The molecule has 0 aromatic carbocycles. The first kappa shape index (κ1) is 14.0. The molecule has 0 aliphatic heterocycles. The molecule has 0 spiro atoms. The molecule has 0 unspecified atom stereocenters. The third-order valence-electron chi connectivity index (χ3n) is 1.93. The van der Waals surface area contributed by atoms with Crippen LogP contribution in [0, 0.1) is 0 Å². The maximum Gasteiger partial charge on any atom is 0.471 e. The Kier molecular flexibility index (Phi) is 3.94. The molecule has 1 rings (SSSR count). The fraction of sp³-hybridized carbons (Fsp3) is 0.444. The molecule has 0 aliphatic rings. The minimum absolute atomic E-state index is 0.226. The summed E-state index contributed by atoms with van der Waals surface area (Å²) in [7, 11) is 0. The normalized spacial score (nSPS) is 11.3. The van der Waals surface area contributed by atoms with E-state index in [0.29, 0.717) is 6.42 Å². The van der Waals surface area contributed by atoms with Gasteiger partial charge in [-0.25, -0.2) is 4.79 Å². The van der Waals surface area contributed by atoms with E-state index in [9.17, 15) is 22.8 Å². The molecule has 0 saturated heterocycles. The molecule has 1 amide bonds. The summed E-state index contributed by atoms with van der Waals surface area (Å²) in [6.07, 6.45) is -4.49. The fourth-order valence-corrected chi connectivity index (χ4v) is 1.22. The van der Waals surface area contributed by atoms with E-state index in [2.05, 4.69) is 5.10 Å². The first-order chi connectivity index (χ1) is 8.25. The van der Waals surface area contributed by atoms with E-state index in [0.717, 1.165) is 10.7 Å². The van der Waals surface area contributed by atoms with Crippen LogP contribution in [0.5, 0.6) is 0 Å². The van der Waals surface area contributed by atoms with E-state index in [-0.39, 0.29) is 12.2 Å². The molecule has 0 saturated carbocycles. The average molecular weight is 265 g/mol. The van der Waals surface area contributed by atoms with Crippen LogP contribution >= 0.6 is 0 Å². The van der Waals surface area contributed by atoms with Gasteiger partial charge in [-0.3, -0.25) is 9.48 Å². The molecule has 1 aromatic rings. The van der Waals surface area contributed by atoms with E-state index in [1.54, 1.807) is 6.92 Å². The SMILES string of the molecule is CCCn1nc(NC(=O)C(F)(F)F)cc1C(=O)O. The summed E-state index contributed by atoms with van der Waals surface area (Å²) in [4.78, 5) is 21.4. The number of carboxylic acids is 1. The third-order valence-corrected chi connectivity index (χ3v) is 1.93. The smallest absolute Gasteiger partial charge is 0.471 e. The number of aryl methyl sites for hydroxylation is 1. The number of hydrogen-bond acceptors (Lipinski definition) is 3. The van der Waals surface area contributed by atoms with E-state index in [1.807, 2.05) is 0 Å². The van der Waals surface area contributed by atoms with Crippen molar-refractivity contribution in [3.05, 3.63) is 11.8 Å². The van der Waals surface area contributed by atoms with Crippen molar-refractivity contribution in [1.82, 2.24) is 9.78 Å². The summed E-state index contributed by atoms with van der Waals surface area (Å²) < 4.78 is 37.0. The van der Waals surface area contributed by atoms with Gasteiger partial charge in [0.05, 0.1) is 0 Å². The number of rotatable bonds is 4. The molecule has 100 valence electrons.